The largest absolute Gasteiger partial charge is 0.317 e. The summed E-state index contributed by atoms with van der Waals surface area (Å²) >= 11 is 1.82. The average Bonchev–Trinajstić information content (AvgIpc) is 2.86. The van der Waals surface area contributed by atoms with Gasteiger partial charge < -0.3 is 5.32 Å². The van der Waals surface area contributed by atoms with Gasteiger partial charge in [0.05, 0.1) is 12.2 Å². The number of piperidine rings is 1. The molecule has 0 radical (unpaired) electrons. The minimum Gasteiger partial charge on any atom is -0.317 e. The van der Waals surface area contributed by atoms with Crippen LogP contribution in [0.25, 0.3) is 0 Å². The van der Waals surface area contributed by atoms with Crippen molar-refractivity contribution in [1.82, 2.24) is 15.2 Å². The van der Waals surface area contributed by atoms with Gasteiger partial charge in [-0.1, -0.05) is 27.7 Å². The van der Waals surface area contributed by atoms with Crippen molar-refractivity contribution in [2.24, 2.45) is 5.92 Å². The number of nitrogens with zero attached hydrogens (tertiary/aromatic N) is 2. The van der Waals surface area contributed by atoms with Gasteiger partial charge >= 0.3 is 0 Å². The lowest BCUT2D eigenvalue weighted by molar-refractivity contribution is 0.175. The third kappa shape index (κ3) is 6.71. The van der Waals surface area contributed by atoms with E-state index in [-0.39, 0.29) is 30.2 Å². The van der Waals surface area contributed by atoms with Crippen LogP contribution in [0.5, 0.6) is 0 Å². The van der Waals surface area contributed by atoms with Gasteiger partial charge in [0.15, 0.2) is 0 Å². The highest BCUT2D eigenvalue weighted by Gasteiger charge is 2.21. The van der Waals surface area contributed by atoms with Gasteiger partial charge in [-0.25, -0.2) is 4.98 Å². The van der Waals surface area contributed by atoms with Gasteiger partial charge in [-0.2, -0.15) is 0 Å². The highest BCUT2D eigenvalue weighted by Crippen LogP contribution is 2.25. The summed E-state index contributed by atoms with van der Waals surface area (Å²) in [5, 5.41) is 6.98. The Labute approximate surface area is 152 Å². The normalized spacial score (nSPS) is 16.9. The summed E-state index contributed by atoms with van der Waals surface area (Å²) in [6.07, 6.45) is 2.65. The molecule has 0 atom stereocenters. The molecule has 1 N–H and O–H groups in total. The molecule has 1 aliphatic heterocycles. The van der Waals surface area contributed by atoms with E-state index in [9.17, 15) is 0 Å². The Balaban J connectivity index is 0.00000220. The molecule has 0 unspecified atom stereocenters. The topological polar surface area (TPSA) is 28.2 Å². The van der Waals surface area contributed by atoms with Crippen LogP contribution in [0.3, 0.4) is 0 Å². The number of rotatable bonds is 5. The minimum atomic E-state index is 0. The first-order valence-corrected chi connectivity index (χ1v) is 8.75. The first-order chi connectivity index (χ1) is 9.49. The molecule has 1 fully saturated rings. The third-order valence-electron chi connectivity index (χ3n) is 4.07. The van der Waals surface area contributed by atoms with Gasteiger partial charge in [0.2, 0.25) is 0 Å². The summed E-state index contributed by atoms with van der Waals surface area (Å²) in [6, 6.07) is 0. The molecule has 130 valence electrons. The molecule has 0 aromatic carbocycles. The molecule has 0 bridgehead atoms. The maximum absolute atomic E-state index is 4.81. The molecule has 6 heteroatoms. The Morgan fingerprint density at radius 2 is 1.91 bits per heavy atom. The fourth-order valence-corrected chi connectivity index (χ4v) is 3.68. The van der Waals surface area contributed by atoms with Crippen molar-refractivity contribution in [2.45, 2.75) is 52.5 Å². The molecule has 0 spiro atoms. The predicted molar refractivity (Wildman–Crippen MR) is 102 cm³/mol. The molecule has 0 amide bonds. The fraction of sp³-hybridized carbons (Fsp3) is 0.812. The first-order valence-electron chi connectivity index (χ1n) is 7.87. The number of hydrogen-bond acceptors (Lipinski definition) is 4. The van der Waals surface area contributed by atoms with Crippen LogP contribution in [0.1, 0.15) is 51.2 Å². The van der Waals surface area contributed by atoms with E-state index in [1.165, 1.54) is 43.2 Å². The summed E-state index contributed by atoms with van der Waals surface area (Å²) in [6.45, 7) is 14.7. The Morgan fingerprint density at radius 1 is 1.27 bits per heavy atom. The summed E-state index contributed by atoms with van der Waals surface area (Å²) in [5.41, 5.74) is 1.41. The number of likely N-dealkylation sites (tertiary alicyclic amines) is 1. The van der Waals surface area contributed by atoms with E-state index >= 15 is 0 Å². The van der Waals surface area contributed by atoms with Crippen LogP contribution >= 0.6 is 36.2 Å². The van der Waals surface area contributed by atoms with Gasteiger partial charge in [-0.3, -0.25) is 4.90 Å². The number of thiazole rings is 1. The lowest BCUT2D eigenvalue weighted by Crippen LogP contribution is -2.36. The minimum absolute atomic E-state index is 0. The van der Waals surface area contributed by atoms with Crippen molar-refractivity contribution in [3.63, 3.8) is 0 Å². The van der Waals surface area contributed by atoms with Crippen LogP contribution in [0.4, 0.5) is 0 Å². The number of halogens is 2. The molecule has 22 heavy (non-hydrogen) atoms. The van der Waals surface area contributed by atoms with Crippen molar-refractivity contribution < 1.29 is 0 Å². The molecule has 2 rings (SSSR count). The summed E-state index contributed by atoms with van der Waals surface area (Å²) < 4.78 is 0. The molecule has 1 saturated heterocycles. The van der Waals surface area contributed by atoms with Crippen molar-refractivity contribution in [3.8, 4) is 0 Å². The van der Waals surface area contributed by atoms with Crippen LogP contribution in [-0.2, 0) is 12.0 Å². The van der Waals surface area contributed by atoms with E-state index in [0.717, 1.165) is 19.0 Å². The van der Waals surface area contributed by atoms with Gasteiger partial charge in [0.25, 0.3) is 0 Å². The quantitative estimate of drug-likeness (QED) is 0.848. The lowest BCUT2D eigenvalue weighted by atomic mass is 9.93. The van der Waals surface area contributed by atoms with E-state index in [2.05, 4.69) is 43.3 Å². The van der Waals surface area contributed by atoms with Crippen LogP contribution in [0.15, 0.2) is 5.38 Å². The SMILES string of the molecule is CCNCC1CCN(Cc2nc(C(C)(C)C)cs2)CC1.Cl.Cl. The Hall–Kier alpha value is 0.130. The lowest BCUT2D eigenvalue weighted by Gasteiger charge is -2.31. The highest BCUT2D eigenvalue weighted by atomic mass is 35.5. The number of hydrogen-bond donors (Lipinski definition) is 1. The Morgan fingerprint density at radius 3 is 2.41 bits per heavy atom. The second kappa shape index (κ2) is 10.1. The zero-order valence-corrected chi connectivity index (χ0v) is 16.7. The van der Waals surface area contributed by atoms with Crippen molar-refractivity contribution in [3.05, 3.63) is 16.1 Å². The van der Waals surface area contributed by atoms with E-state index in [4.69, 9.17) is 4.98 Å². The Bertz CT molecular complexity index is 410. The third-order valence-corrected chi connectivity index (χ3v) is 4.90. The monoisotopic (exact) mass is 367 g/mol. The van der Waals surface area contributed by atoms with Gasteiger partial charge in [0.1, 0.15) is 5.01 Å². The summed E-state index contributed by atoms with van der Waals surface area (Å²) in [5.74, 6) is 0.868. The second-order valence-corrected chi connectivity index (χ2v) is 7.85. The molecular formula is C16H31Cl2N3S. The second-order valence-electron chi connectivity index (χ2n) is 6.90. The van der Waals surface area contributed by atoms with E-state index in [0.29, 0.717) is 0 Å². The molecule has 1 aromatic heterocycles. The van der Waals surface area contributed by atoms with Gasteiger partial charge in [0, 0.05) is 10.8 Å². The molecular weight excluding hydrogens is 337 g/mol. The maximum atomic E-state index is 4.81. The van der Waals surface area contributed by atoms with Gasteiger partial charge in [-0.15, -0.1) is 36.2 Å². The molecule has 1 aromatic rings. The molecule has 0 aliphatic carbocycles. The molecule has 1 aliphatic rings. The van der Waals surface area contributed by atoms with Crippen molar-refractivity contribution >= 4 is 36.2 Å². The summed E-state index contributed by atoms with van der Waals surface area (Å²) in [7, 11) is 0. The first kappa shape index (κ1) is 22.1. The molecule has 3 nitrogen and oxygen atoms in total. The van der Waals surface area contributed by atoms with Crippen molar-refractivity contribution in [1.29, 1.82) is 0 Å². The Kier molecular flexibility index (Phi) is 10.1. The van der Waals surface area contributed by atoms with Crippen LogP contribution in [-0.4, -0.2) is 36.1 Å². The maximum Gasteiger partial charge on any atom is 0.107 e. The van der Waals surface area contributed by atoms with E-state index in [1.54, 1.807) is 0 Å². The van der Waals surface area contributed by atoms with E-state index in [1.807, 2.05) is 11.3 Å². The number of aromatic nitrogens is 1. The fourth-order valence-electron chi connectivity index (χ4n) is 2.62. The molecule has 0 saturated carbocycles. The van der Waals surface area contributed by atoms with E-state index < -0.39 is 0 Å². The van der Waals surface area contributed by atoms with Crippen molar-refractivity contribution in [2.75, 3.05) is 26.2 Å². The highest BCUT2D eigenvalue weighted by molar-refractivity contribution is 7.09. The average molecular weight is 368 g/mol. The zero-order valence-electron chi connectivity index (χ0n) is 14.2. The zero-order chi connectivity index (χ0) is 14.6. The van der Waals surface area contributed by atoms with Crippen LogP contribution in [0.2, 0.25) is 0 Å². The number of nitrogens with one attached hydrogen (secondary N) is 1. The molecule has 2 heterocycles. The standard InChI is InChI=1S/C16H29N3S.2ClH/c1-5-17-10-13-6-8-19(9-7-13)11-15-18-14(12-20-15)16(2,3)4;;/h12-13,17H,5-11H2,1-4H3;2*1H. The van der Waals surface area contributed by atoms with Gasteiger partial charge in [-0.05, 0) is 44.9 Å². The van der Waals surface area contributed by atoms with Crippen LogP contribution < -0.4 is 5.32 Å². The predicted octanol–water partition coefficient (Wildman–Crippen LogP) is 4.11. The summed E-state index contributed by atoms with van der Waals surface area (Å²) in [4.78, 5) is 7.37. The van der Waals surface area contributed by atoms with Crippen LogP contribution in [0, 0.1) is 5.92 Å². The smallest absolute Gasteiger partial charge is 0.107 e.